The van der Waals surface area contributed by atoms with Crippen molar-refractivity contribution in [3.8, 4) is 0 Å². The van der Waals surface area contributed by atoms with Gasteiger partial charge in [0.2, 0.25) is 0 Å². The largest absolute Gasteiger partial charge is 0.478 e. The van der Waals surface area contributed by atoms with E-state index < -0.39 is 5.97 Å². The maximum Gasteiger partial charge on any atom is 0.335 e. The molecular weight excluding hydrogens is 230 g/mol. The third-order valence-electron chi connectivity index (χ3n) is 2.54. The summed E-state index contributed by atoms with van der Waals surface area (Å²) in [5, 5.41) is 16.2. The van der Waals surface area contributed by atoms with Crippen molar-refractivity contribution in [3.05, 3.63) is 47.8 Å². The van der Waals surface area contributed by atoms with E-state index in [1.807, 2.05) is 30.1 Å². The summed E-state index contributed by atoms with van der Waals surface area (Å²) in [5.41, 5.74) is 2.22. The number of rotatable bonds is 5. The lowest BCUT2D eigenvalue weighted by molar-refractivity contribution is 0.0697. The molecule has 0 saturated carbocycles. The van der Waals surface area contributed by atoms with Crippen LogP contribution < -0.4 is 5.32 Å². The van der Waals surface area contributed by atoms with Gasteiger partial charge in [0.1, 0.15) is 0 Å². The normalized spacial score (nSPS) is 10.3. The fraction of sp³-hybridized carbons (Fsp3) is 0.231. The van der Waals surface area contributed by atoms with E-state index in [9.17, 15) is 4.79 Å². The van der Waals surface area contributed by atoms with Gasteiger partial charge in [0.15, 0.2) is 0 Å². The third-order valence-corrected chi connectivity index (χ3v) is 2.54. The van der Waals surface area contributed by atoms with Gasteiger partial charge in [-0.1, -0.05) is 6.07 Å². The van der Waals surface area contributed by atoms with E-state index in [2.05, 4.69) is 10.4 Å². The number of benzene rings is 1. The maximum atomic E-state index is 10.8. The molecule has 18 heavy (non-hydrogen) atoms. The number of carboxylic acid groups (broad SMARTS) is 1. The van der Waals surface area contributed by atoms with Gasteiger partial charge in [-0.25, -0.2) is 4.79 Å². The highest BCUT2D eigenvalue weighted by atomic mass is 16.4. The number of hydrogen-bond donors (Lipinski definition) is 2. The molecule has 1 heterocycles. The molecule has 0 saturated heterocycles. The van der Waals surface area contributed by atoms with Gasteiger partial charge in [0.05, 0.1) is 18.3 Å². The number of aromatic nitrogens is 2. The summed E-state index contributed by atoms with van der Waals surface area (Å²) < 4.78 is 1.85. The Hall–Kier alpha value is -2.30. The molecule has 2 aromatic rings. The predicted molar refractivity (Wildman–Crippen MR) is 68.9 cm³/mol. The number of hydrogen-bond acceptors (Lipinski definition) is 3. The SMILES string of the molecule is Cc1cnn(CCNc2cccc(C(=O)O)c2)c1. The van der Waals surface area contributed by atoms with Crippen LogP contribution in [0.3, 0.4) is 0 Å². The Kier molecular flexibility index (Phi) is 3.62. The van der Waals surface area contributed by atoms with Crippen LogP contribution in [0.5, 0.6) is 0 Å². The molecule has 94 valence electrons. The number of carbonyl (C=O) groups is 1. The second-order valence-corrected chi connectivity index (χ2v) is 4.09. The Morgan fingerprint density at radius 3 is 3.00 bits per heavy atom. The lowest BCUT2D eigenvalue weighted by Crippen LogP contribution is -2.11. The monoisotopic (exact) mass is 245 g/mol. The van der Waals surface area contributed by atoms with E-state index in [0.717, 1.165) is 17.8 Å². The third kappa shape index (κ3) is 3.10. The van der Waals surface area contributed by atoms with Gasteiger partial charge in [-0.2, -0.15) is 5.10 Å². The highest BCUT2D eigenvalue weighted by Gasteiger charge is 2.02. The van der Waals surface area contributed by atoms with Gasteiger partial charge < -0.3 is 10.4 Å². The van der Waals surface area contributed by atoms with Crippen LogP contribution in [-0.4, -0.2) is 27.4 Å². The van der Waals surface area contributed by atoms with Crippen molar-refractivity contribution in [2.24, 2.45) is 0 Å². The first-order valence-corrected chi connectivity index (χ1v) is 5.71. The smallest absolute Gasteiger partial charge is 0.335 e. The van der Waals surface area contributed by atoms with Crippen LogP contribution in [0.25, 0.3) is 0 Å². The number of anilines is 1. The molecule has 0 atom stereocenters. The number of nitrogens with one attached hydrogen (secondary N) is 1. The summed E-state index contributed by atoms with van der Waals surface area (Å²) in [6.07, 6.45) is 3.78. The summed E-state index contributed by atoms with van der Waals surface area (Å²) in [5.74, 6) is -0.915. The number of aromatic carboxylic acids is 1. The van der Waals surface area contributed by atoms with E-state index in [-0.39, 0.29) is 5.56 Å². The van der Waals surface area contributed by atoms with Crippen LogP contribution in [-0.2, 0) is 6.54 Å². The standard InChI is InChI=1S/C13H15N3O2/c1-10-8-15-16(9-10)6-5-14-12-4-2-3-11(7-12)13(17)18/h2-4,7-9,14H,5-6H2,1H3,(H,17,18). The first kappa shape index (κ1) is 12.2. The van der Waals surface area contributed by atoms with Gasteiger partial charge in [0.25, 0.3) is 0 Å². The van der Waals surface area contributed by atoms with Crippen LogP contribution in [0.1, 0.15) is 15.9 Å². The topological polar surface area (TPSA) is 67.2 Å². The minimum atomic E-state index is -0.915. The first-order valence-electron chi connectivity index (χ1n) is 5.71. The van der Waals surface area contributed by atoms with Crippen molar-refractivity contribution in [1.82, 2.24) is 9.78 Å². The molecule has 0 amide bonds. The molecule has 0 aliphatic rings. The summed E-state index contributed by atoms with van der Waals surface area (Å²) in [6.45, 7) is 3.43. The minimum absolute atomic E-state index is 0.287. The van der Waals surface area contributed by atoms with Crippen LogP contribution in [0.15, 0.2) is 36.7 Å². The zero-order valence-electron chi connectivity index (χ0n) is 10.1. The van der Waals surface area contributed by atoms with Crippen molar-refractivity contribution >= 4 is 11.7 Å². The van der Waals surface area contributed by atoms with E-state index in [1.165, 1.54) is 0 Å². The Balaban J connectivity index is 1.90. The summed E-state index contributed by atoms with van der Waals surface area (Å²) in [4.78, 5) is 10.8. The Morgan fingerprint density at radius 1 is 1.50 bits per heavy atom. The van der Waals surface area contributed by atoms with Crippen LogP contribution in [0.4, 0.5) is 5.69 Å². The molecular formula is C13H15N3O2. The molecule has 2 N–H and O–H groups in total. The quantitative estimate of drug-likeness (QED) is 0.845. The van der Waals surface area contributed by atoms with Crippen molar-refractivity contribution in [2.45, 2.75) is 13.5 Å². The molecule has 0 bridgehead atoms. The molecule has 0 fully saturated rings. The lowest BCUT2D eigenvalue weighted by atomic mass is 10.2. The molecule has 1 aromatic carbocycles. The van der Waals surface area contributed by atoms with Crippen LogP contribution in [0.2, 0.25) is 0 Å². The summed E-state index contributed by atoms with van der Waals surface area (Å²) >= 11 is 0. The number of aryl methyl sites for hydroxylation is 1. The van der Waals surface area contributed by atoms with Crippen LogP contribution in [0, 0.1) is 6.92 Å². The zero-order valence-corrected chi connectivity index (χ0v) is 10.1. The van der Waals surface area contributed by atoms with Gasteiger partial charge >= 0.3 is 5.97 Å². The predicted octanol–water partition coefficient (Wildman–Crippen LogP) is 2.00. The Labute approximate surface area is 105 Å². The molecule has 0 aliphatic heterocycles. The second-order valence-electron chi connectivity index (χ2n) is 4.09. The van der Waals surface area contributed by atoms with Gasteiger partial charge in [-0.05, 0) is 30.7 Å². The molecule has 0 aliphatic carbocycles. The fourth-order valence-electron chi connectivity index (χ4n) is 1.67. The molecule has 0 unspecified atom stereocenters. The number of nitrogens with zero attached hydrogens (tertiary/aromatic N) is 2. The van der Waals surface area contributed by atoms with E-state index in [1.54, 1.807) is 18.2 Å². The van der Waals surface area contributed by atoms with Crippen LogP contribution >= 0.6 is 0 Å². The minimum Gasteiger partial charge on any atom is -0.478 e. The first-order chi connectivity index (χ1) is 8.65. The van der Waals surface area contributed by atoms with Gasteiger partial charge in [-0.15, -0.1) is 0 Å². The molecule has 5 nitrogen and oxygen atoms in total. The summed E-state index contributed by atoms with van der Waals surface area (Å²) in [6, 6.07) is 6.77. The second kappa shape index (κ2) is 5.35. The zero-order chi connectivity index (χ0) is 13.0. The average molecular weight is 245 g/mol. The maximum absolute atomic E-state index is 10.8. The highest BCUT2D eigenvalue weighted by molar-refractivity contribution is 5.88. The lowest BCUT2D eigenvalue weighted by Gasteiger charge is -2.07. The Morgan fingerprint density at radius 2 is 2.33 bits per heavy atom. The average Bonchev–Trinajstić information content (AvgIpc) is 2.75. The highest BCUT2D eigenvalue weighted by Crippen LogP contribution is 2.10. The van der Waals surface area contributed by atoms with Crippen molar-refractivity contribution in [3.63, 3.8) is 0 Å². The molecule has 1 aromatic heterocycles. The van der Waals surface area contributed by atoms with Crippen molar-refractivity contribution < 1.29 is 9.90 Å². The fourth-order valence-corrected chi connectivity index (χ4v) is 1.67. The molecule has 0 spiro atoms. The van der Waals surface area contributed by atoms with Gasteiger partial charge in [0, 0.05) is 18.4 Å². The number of carboxylic acids is 1. The Bertz CT molecular complexity index is 549. The van der Waals surface area contributed by atoms with Crippen molar-refractivity contribution in [2.75, 3.05) is 11.9 Å². The van der Waals surface area contributed by atoms with E-state index >= 15 is 0 Å². The van der Waals surface area contributed by atoms with E-state index in [4.69, 9.17) is 5.11 Å². The molecule has 2 rings (SSSR count). The molecule has 5 heteroatoms. The summed E-state index contributed by atoms with van der Waals surface area (Å²) in [7, 11) is 0. The van der Waals surface area contributed by atoms with Crippen molar-refractivity contribution in [1.29, 1.82) is 0 Å². The van der Waals surface area contributed by atoms with Gasteiger partial charge in [-0.3, -0.25) is 4.68 Å². The molecule has 0 radical (unpaired) electrons. The van der Waals surface area contributed by atoms with E-state index in [0.29, 0.717) is 6.54 Å².